The molecule has 0 amide bonds. The van der Waals surface area contributed by atoms with Gasteiger partial charge in [-0.25, -0.2) is 0 Å². The van der Waals surface area contributed by atoms with Gasteiger partial charge in [0.2, 0.25) is 0 Å². The van der Waals surface area contributed by atoms with E-state index in [1.54, 1.807) is 0 Å². The maximum absolute atomic E-state index is 3.27. The van der Waals surface area contributed by atoms with Crippen LogP contribution in [-0.4, -0.2) is 28.5 Å². The monoisotopic (exact) mass is 163 g/mol. The summed E-state index contributed by atoms with van der Waals surface area (Å²) in [5.41, 5.74) is 0. The topological polar surface area (TPSA) is 15.3 Å². The van der Waals surface area contributed by atoms with Gasteiger partial charge in [0.25, 0.3) is 0 Å². The molecule has 0 aromatic heterocycles. The summed E-state index contributed by atoms with van der Waals surface area (Å²) in [6.07, 6.45) is 0. The predicted molar refractivity (Wildman–Crippen MR) is 34.9 cm³/mol. The van der Waals surface area contributed by atoms with Gasteiger partial charge in [0, 0.05) is 0 Å². The Hall–Kier alpha value is 0.374. The standard InChI is InChI=1S/C6H12N2.V/c1-6(2)8-4-3-7-5-8;/h6-7H,4-5H2,1-2H3;. The Labute approximate surface area is 65.1 Å². The van der Waals surface area contributed by atoms with E-state index in [0.717, 1.165) is 13.2 Å². The Morgan fingerprint density at radius 1 is 1.67 bits per heavy atom. The molecule has 1 aliphatic heterocycles. The Bertz CT molecular complexity index is 122. The van der Waals surface area contributed by atoms with Crippen LogP contribution in [0.1, 0.15) is 13.8 Å². The van der Waals surface area contributed by atoms with Crippen molar-refractivity contribution in [1.29, 1.82) is 0 Å². The molecule has 1 aliphatic rings. The average Bonchev–Trinajstić information content (AvgIpc) is 2.14. The molecule has 2 nitrogen and oxygen atoms in total. The first-order valence-electron chi connectivity index (χ1n) is 3.23. The summed E-state index contributed by atoms with van der Waals surface area (Å²) < 4.78 is 1.33. The van der Waals surface area contributed by atoms with Crippen molar-refractivity contribution in [2.45, 2.75) is 19.9 Å². The Balaban J connectivity index is 2.39. The van der Waals surface area contributed by atoms with E-state index in [1.807, 2.05) is 0 Å². The molecule has 1 N–H and O–H groups in total. The zero-order chi connectivity index (χ0) is 6.85. The van der Waals surface area contributed by atoms with Crippen molar-refractivity contribution in [2.75, 3.05) is 13.2 Å². The molecule has 0 aliphatic carbocycles. The molecule has 0 aromatic rings. The maximum atomic E-state index is 3.27. The van der Waals surface area contributed by atoms with Crippen LogP contribution in [0.15, 0.2) is 0 Å². The van der Waals surface area contributed by atoms with Crippen molar-refractivity contribution in [2.24, 2.45) is 0 Å². The van der Waals surface area contributed by atoms with Gasteiger partial charge in [0.05, 0.1) is 0 Å². The van der Waals surface area contributed by atoms with Gasteiger partial charge in [-0.2, -0.15) is 0 Å². The van der Waals surface area contributed by atoms with Crippen LogP contribution in [0.5, 0.6) is 0 Å². The quantitative estimate of drug-likeness (QED) is 0.582. The molecular formula is C6H12N2V. The molecule has 0 atom stereocenters. The zero-order valence-electron chi connectivity index (χ0n) is 5.89. The van der Waals surface area contributed by atoms with E-state index in [-0.39, 0.29) is 0 Å². The van der Waals surface area contributed by atoms with E-state index in [1.165, 1.54) is 4.35 Å². The van der Waals surface area contributed by atoms with Crippen LogP contribution < -0.4 is 5.32 Å². The Kier molecular flexibility index (Phi) is 2.47. The van der Waals surface area contributed by atoms with Crippen LogP contribution in [-0.2, 0) is 17.0 Å². The van der Waals surface area contributed by atoms with Crippen LogP contribution in [0.3, 0.4) is 0 Å². The molecule has 9 heavy (non-hydrogen) atoms. The van der Waals surface area contributed by atoms with Gasteiger partial charge in [0.15, 0.2) is 0 Å². The average molecular weight is 163 g/mol. The second kappa shape index (κ2) is 2.97. The third-order valence-electron chi connectivity index (χ3n) is 1.57. The summed E-state index contributed by atoms with van der Waals surface area (Å²) in [4.78, 5) is 2.38. The fraction of sp³-hybridized carbons (Fsp3) is 0.833. The third-order valence-corrected chi connectivity index (χ3v) is 2.04. The molecule has 0 aromatic carbocycles. The molecule has 1 fully saturated rings. The van der Waals surface area contributed by atoms with E-state index >= 15 is 0 Å². The van der Waals surface area contributed by atoms with E-state index < -0.39 is 0 Å². The molecule has 3 heteroatoms. The van der Waals surface area contributed by atoms with Crippen molar-refractivity contribution < 1.29 is 17.0 Å². The Morgan fingerprint density at radius 2 is 2.33 bits per heavy atom. The molecule has 1 heterocycles. The molecule has 51 valence electrons. The minimum absolute atomic E-state index is 0.666. The third kappa shape index (κ3) is 1.90. The van der Waals surface area contributed by atoms with Gasteiger partial charge < -0.3 is 0 Å². The minimum atomic E-state index is 0.666. The first kappa shape index (κ1) is 7.48. The van der Waals surface area contributed by atoms with Crippen LogP contribution in [0.2, 0.25) is 0 Å². The summed E-state index contributed by atoms with van der Waals surface area (Å²) in [6.45, 7) is 6.54. The van der Waals surface area contributed by atoms with E-state index in [9.17, 15) is 0 Å². The van der Waals surface area contributed by atoms with Crippen molar-refractivity contribution in [1.82, 2.24) is 10.2 Å². The van der Waals surface area contributed by atoms with E-state index in [0.29, 0.717) is 6.04 Å². The van der Waals surface area contributed by atoms with Crippen molar-refractivity contribution in [3.8, 4) is 0 Å². The molecule has 0 radical (unpaired) electrons. The van der Waals surface area contributed by atoms with Crippen molar-refractivity contribution in [3.63, 3.8) is 0 Å². The van der Waals surface area contributed by atoms with Crippen molar-refractivity contribution in [3.05, 3.63) is 0 Å². The molecular weight excluding hydrogens is 151 g/mol. The van der Waals surface area contributed by atoms with Gasteiger partial charge in [-0.3, -0.25) is 0 Å². The summed E-state index contributed by atoms with van der Waals surface area (Å²) in [7, 11) is 0. The van der Waals surface area contributed by atoms with E-state index in [4.69, 9.17) is 0 Å². The summed E-state index contributed by atoms with van der Waals surface area (Å²) >= 11 is 2.56. The molecule has 0 spiro atoms. The number of nitrogens with one attached hydrogen (secondary N) is 1. The summed E-state index contributed by atoms with van der Waals surface area (Å²) in [6, 6.07) is 0.666. The van der Waals surface area contributed by atoms with Gasteiger partial charge in [-0.1, -0.05) is 0 Å². The fourth-order valence-corrected chi connectivity index (χ4v) is 1.26. The normalized spacial score (nSPS) is 21.8. The van der Waals surface area contributed by atoms with Crippen LogP contribution >= 0.6 is 0 Å². The van der Waals surface area contributed by atoms with Crippen LogP contribution in [0.4, 0.5) is 0 Å². The predicted octanol–water partition coefficient (Wildman–Crippen LogP) is -0.0658. The second-order valence-electron chi connectivity index (χ2n) is 2.62. The molecule has 1 saturated heterocycles. The van der Waals surface area contributed by atoms with Crippen molar-refractivity contribution >= 4 is 4.35 Å². The van der Waals surface area contributed by atoms with Gasteiger partial charge in [-0.05, 0) is 0 Å². The van der Waals surface area contributed by atoms with Gasteiger partial charge >= 0.3 is 64.6 Å². The SMILES string of the molecule is CC(C)N1CN[C](=[V])C1. The van der Waals surface area contributed by atoms with Gasteiger partial charge in [0.1, 0.15) is 0 Å². The number of nitrogens with zero attached hydrogens (tertiary/aromatic N) is 1. The van der Waals surface area contributed by atoms with Crippen LogP contribution in [0, 0.1) is 0 Å². The first-order chi connectivity index (χ1) is 4.20. The molecule has 0 bridgehead atoms. The second-order valence-corrected chi connectivity index (χ2v) is 3.47. The summed E-state index contributed by atoms with van der Waals surface area (Å²) in [5.74, 6) is 0. The first-order valence-corrected chi connectivity index (χ1v) is 3.92. The molecule has 1 rings (SSSR count). The van der Waals surface area contributed by atoms with Crippen LogP contribution in [0.25, 0.3) is 0 Å². The number of rotatable bonds is 1. The molecule has 0 unspecified atom stereocenters. The Morgan fingerprint density at radius 3 is 2.56 bits per heavy atom. The van der Waals surface area contributed by atoms with Gasteiger partial charge in [-0.15, -0.1) is 0 Å². The zero-order valence-corrected chi connectivity index (χ0v) is 7.28. The summed E-state index contributed by atoms with van der Waals surface area (Å²) in [5, 5.41) is 3.27. The number of hydrogen-bond donors (Lipinski definition) is 1. The fourth-order valence-electron chi connectivity index (χ4n) is 0.862. The number of hydrogen-bond acceptors (Lipinski definition) is 2. The molecule has 0 saturated carbocycles. The van der Waals surface area contributed by atoms with E-state index in [2.05, 4.69) is 41.0 Å².